The standard InChI is InChI=1S/C24H27ClN4O4/c1-31-20-8-10-21(11-9-20)32-16-2-3-23(30)29-14-12-28(13-15-29)17-22-26-24(27-33-22)18-4-6-19(25)7-5-18/h4-11H,2-3,12-17H2,1H3. The van der Waals surface area contributed by atoms with Crippen LogP contribution in [0.4, 0.5) is 0 Å². The molecule has 1 aliphatic rings. The first-order valence-electron chi connectivity index (χ1n) is 11.0. The molecule has 0 unspecified atom stereocenters. The van der Waals surface area contributed by atoms with E-state index in [4.69, 9.17) is 25.6 Å². The van der Waals surface area contributed by atoms with Crippen molar-refractivity contribution in [1.29, 1.82) is 0 Å². The highest BCUT2D eigenvalue weighted by molar-refractivity contribution is 6.30. The number of methoxy groups -OCH3 is 1. The lowest BCUT2D eigenvalue weighted by molar-refractivity contribution is -0.133. The number of carbonyl (C=O) groups is 1. The topological polar surface area (TPSA) is 80.9 Å². The van der Waals surface area contributed by atoms with Gasteiger partial charge in [0.25, 0.3) is 0 Å². The Kier molecular flexibility index (Phi) is 7.80. The van der Waals surface area contributed by atoms with Gasteiger partial charge < -0.3 is 18.9 Å². The molecule has 0 saturated carbocycles. The summed E-state index contributed by atoms with van der Waals surface area (Å²) in [7, 11) is 1.63. The minimum absolute atomic E-state index is 0.163. The zero-order valence-electron chi connectivity index (χ0n) is 18.6. The van der Waals surface area contributed by atoms with Gasteiger partial charge >= 0.3 is 0 Å². The number of amides is 1. The quantitative estimate of drug-likeness (QED) is 0.438. The van der Waals surface area contributed by atoms with Gasteiger partial charge in [-0.15, -0.1) is 0 Å². The number of piperazine rings is 1. The van der Waals surface area contributed by atoms with E-state index in [0.717, 1.165) is 30.2 Å². The molecule has 4 rings (SSSR count). The van der Waals surface area contributed by atoms with Crippen LogP contribution < -0.4 is 9.47 Å². The normalized spacial score (nSPS) is 14.3. The summed E-state index contributed by atoms with van der Waals surface area (Å²) in [5, 5.41) is 4.72. The van der Waals surface area contributed by atoms with Gasteiger partial charge in [0.2, 0.25) is 17.6 Å². The number of aromatic nitrogens is 2. The summed E-state index contributed by atoms with van der Waals surface area (Å²) in [5.74, 6) is 2.84. The number of carbonyl (C=O) groups excluding carboxylic acids is 1. The zero-order chi connectivity index (χ0) is 23.0. The molecule has 1 aliphatic heterocycles. The summed E-state index contributed by atoms with van der Waals surface area (Å²) >= 11 is 5.93. The van der Waals surface area contributed by atoms with E-state index in [1.54, 1.807) is 19.2 Å². The molecule has 2 aromatic carbocycles. The Labute approximate surface area is 198 Å². The first-order chi connectivity index (χ1) is 16.1. The molecule has 0 atom stereocenters. The van der Waals surface area contributed by atoms with Crippen LogP contribution >= 0.6 is 11.6 Å². The van der Waals surface area contributed by atoms with Crippen molar-refractivity contribution in [3.8, 4) is 22.9 Å². The van der Waals surface area contributed by atoms with Crippen LogP contribution in [0.3, 0.4) is 0 Å². The number of halogens is 1. The van der Waals surface area contributed by atoms with Gasteiger partial charge in [0, 0.05) is 43.2 Å². The van der Waals surface area contributed by atoms with Gasteiger partial charge in [0.15, 0.2) is 0 Å². The molecule has 3 aromatic rings. The molecule has 9 heteroatoms. The summed E-state index contributed by atoms with van der Waals surface area (Å²) in [4.78, 5) is 21.1. The highest BCUT2D eigenvalue weighted by Crippen LogP contribution is 2.20. The van der Waals surface area contributed by atoms with Gasteiger partial charge in [-0.25, -0.2) is 0 Å². The van der Waals surface area contributed by atoms with Gasteiger partial charge in [-0.3, -0.25) is 9.69 Å². The van der Waals surface area contributed by atoms with Crippen LogP contribution in [0.25, 0.3) is 11.4 Å². The summed E-state index contributed by atoms with van der Waals surface area (Å²) < 4.78 is 16.2. The molecule has 1 aromatic heterocycles. The molecule has 2 heterocycles. The summed E-state index contributed by atoms with van der Waals surface area (Å²) in [6.07, 6.45) is 1.16. The van der Waals surface area contributed by atoms with E-state index < -0.39 is 0 Å². The maximum Gasteiger partial charge on any atom is 0.241 e. The molecule has 174 valence electrons. The largest absolute Gasteiger partial charge is 0.497 e. The van der Waals surface area contributed by atoms with Crippen LogP contribution in [0.2, 0.25) is 5.02 Å². The van der Waals surface area contributed by atoms with Gasteiger partial charge in [-0.1, -0.05) is 16.8 Å². The fourth-order valence-electron chi connectivity index (χ4n) is 3.63. The smallest absolute Gasteiger partial charge is 0.241 e. The second kappa shape index (κ2) is 11.2. The van der Waals surface area contributed by atoms with E-state index in [1.807, 2.05) is 41.3 Å². The van der Waals surface area contributed by atoms with Crippen molar-refractivity contribution in [2.75, 3.05) is 39.9 Å². The second-order valence-electron chi connectivity index (χ2n) is 7.80. The minimum Gasteiger partial charge on any atom is -0.497 e. The van der Waals surface area contributed by atoms with Crippen molar-refractivity contribution in [2.45, 2.75) is 19.4 Å². The van der Waals surface area contributed by atoms with E-state index >= 15 is 0 Å². The SMILES string of the molecule is COc1ccc(OCCCC(=O)N2CCN(Cc3nc(-c4ccc(Cl)cc4)no3)CC2)cc1. The number of hydrogen-bond acceptors (Lipinski definition) is 7. The summed E-state index contributed by atoms with van der Waals surface area (Å²) in [5.41, 5.74) is 0.862. The third kappa shape index (κ3) is 6.46. The van der Waals surface area contributed by atoms with E-state index in [2.05, 4.69) is 15.0 Å². The van der Waals surface area contributed by atoms with E-state index in [1.165, 1.54) is 0 Å². The lowest BCUT2D eigenvalue weighted by Gasteiger charge is -2.34. The Bertz CT molecular complexity index is 1030. The fraction of sp³-hybridized carbons (Fsp3) is 0.375. The van der Waals surface area contributed by atoms with Crippen LogP contribution in [0, 0.1) is 0 Å². The molecule has 33 heavy (non-hydrogen) atoms. The average Bonchev–Trinajstić information content (AvgIpc) is 3.31. The van der Waals surface area contributed by atoms with Crippen molar-refractivity contribution in [3.05, 3.63) is 59.4 Å². The summed E-state index contributed by atoms with van der Waals surface area (Å²) in [6.45, 7) is 4.00. The molecule has 0 spiro atoms. The van der Waals surface area contributed by atoms with Crippen LogP contribution in [-0.2, 0) is 11.3 Å². The third-order valence-corrected chi connectivity index (χ3v) is 5.77. The highest BCUT2D eigenvalue weighted by Gasteiger charge is 2.22. The molecule has 0 aliphatic carbocycles. The van der Waals surface area contributed by atoms with Crippen LogP contribution in [-0.4, -0.2) is 65.7 Å². The van der Waals surface area contributed by atoms with Crippen molar-refractivity contribution >= 4 is 17.5 Å². The maximum absolute atomic E-state index is 12.5. The monoisotopic (exact) mass is 470 g/mol. The number of hydrogen-bond donors (Lipinski definition) is 0. The van der Waals surface area contributed by atoms with Gasteiger partial charge in [0.1, 0.15) is 11.5 Å². The van der Waals surface area contributed by atoms with Crippen molar-refractivity contribution in [2.24, 2.45) is 0 Å². The Hall–Kier alpha value is -3.10. The van der Waals surface area contributed by atoms with Gasteiger partial charge in [-0.05, 0) is 55.0 Å². The first kappa shape index (κ1) is 23.1. The van der Waals surface area contributed by atoms with Crippen molar-refractivity contribution in [1.82, 2.24) is 19.9 Å². The van der Waals surface area contributed by atoms with Gasteiger partial charge in [0.05, 0.1) is 20.3 Å². The fourth-order valence-corrected chi connectivity index (χ4v) is 3.75. The van der Waals surface area contributed by atoms with Gasteiger partial charge in [-0.2, -0.15) is 4.98 Å². The molecular weight excluding hydrogens is 444 g/mol. The lowest BCUT2D eigenvalue weighted by atomic mass is 10.2. The van der Waals surface area contributed by atoms with Crippen LogP contribution in [0.5, 0.6) is 11.5 Å². The Balaban J connectivity index is 1.16. The molecule has 1 amide bonds. The minimum atomic E-state index is 0.163. The molecule has 8 nitrogen and oxygen atoms in total. The molecule has 1 fully saturated rings. The van der Waals surface area contributed by atoms with Crippen molar-refractivity contribution < 1.29 is 18.8 Å². The molecule has 0 radical (unpaired) electrons. The Morgan fingerprint density at radius 3 is 2.42 bits per heavy atom. The number of rotatable bonds is 9. The van der Waals surface area contributed by atoms with E-state index in [0.29, 0.717) is 55.8 Å². The molecular formula is C24H27ClN4O4. The Morgan fingerprint density at radius 2 is 1.73 bits per heavy atom. The van der Waals surface area contributed by atoms with E-state index in [9.17, 15) is 4.79 Å². The lowest BCUT2D eigenvalue weighted by Crippen LogP contribution is -2.48. The predicted octanol–water partition coefficient (Wildman–Crippen LogP) is 3.90. The number of benzene rings is 2. The third-order valence-electron chi connectivity index (χ3n) is 5.52. The van der Waals surface area contributed by atoms with Crippen LogP contribution in [0.1, 0.15) is 18.7 Å². The first-order valence-corrected chi connectivity index (χ1v) is 11.3. The molecule has 1 saturated heterocycles. The molecule has 0 bridgehead atoms. The summed E-state index contributed by atoms with van der Waals surface area (Å²) in [6, 6.07) is 14.8. The number of nitrogens with zero attached hydrogens (tertiary/aromatic N) is 4. The maximum atomic E-state index is 12.5. The average molecular weight is 471 g/mol. The second-order valence-corrected chi connectivity index (χ2v) is 8.24. The van der Waals surface area contributed by atoms with Crippen LogP contribution in [0.15, 0.2) is 53.1 Å². The van der Waals surface area contributed by atoms with E-state index in [-0.39, 0.29) is 5.91 Å². The predicted molar refractivity (Wildman–Crippen MR) is 124 cm³/mol. The highest BCUT2D eigenvalue weighted by atomic mass is 35.5. The molecule has 0 N–H and O–H groups in total. The van der Waals surface area contributed by atoms with Crippen molar-refractivity contribution in [3.63, 3.8) is 0 Å². The zero-order valence-corrected chi connectivity index (χ0v) is 19.3. The Morgan fingerprint density at radius 1 is 1.03 bits per heavy atom. The number of ether oxygens (including phenoxy) is 2.